The van der Waals surface area contributed by atoms with Crippen molar-refractivity contribution in [2.45, 2.75) is 19.8 Å². The number of fused-ring (bicyclic) bond motifs is 1. The van der Waals surface area contributed by atoms with Gasteiger partial charge in [0.2, 0.25) is 5.91 Å². The lowest BCUT2D eigenvalue weighted by atomic mass is 10.0. The van der Waals surface area contributed by atoms with Gasteiger partial charge in [-0.15, -0.1) is 11.3 Å². The van der Waals surface area contributed by atoms with Gasteiger partial charge in [0.15, 0.2) is 5.13 Å². The summed E-state index contributed by atoms with van der Waals surface area (Å²) < 4.78 is 5.24. The quantitative estimate of drug-likeness (QED) is 0.718. The van der Waals surface area contributed by atoms with E-state index in [4.69, 9.17) is 4.42 Å². The van der Waals surface area contributed by atoms with Crippen LogP contribution in [0.15, 0.2) is 39.0 Å². The van der Waals surface area contributed by atoms with Crippen molar-refractivity contribution >= 4 is 33.3 Å². The van der Waals surface area contributed by atoms with Crippen molar-refractivity contribution in [1.82, 2.24) is 4.98 Å². The highest BCUT2D eigenvalue weighted by Crippen LogP contribution is 2.24. The van der Waals surface area contributed by atoms with Crippen LogP contribution in [0.2, 0.25) is 0 Å². The number of aryl methyl sites for hydroxylation is 1. The molecule has 118 valence electrons. The second-order valence-corrected chi connectivity index (χ2v) is 5.95. The predicted octanol–water partition coefficient (Wildman–Crippen LogP) is 2.83. The number of hydrogen-bond donors (Lipinski definition) is 2. The Morgan fingerprint density at radius 2 is 2.26 bits per heavy atom. The number of nitrogens with zero attached hydrogens (tertiary/aromatic N) is 1. The zero-order valence-corrected chi connectivity index (χ0v) is 13.1. The summed E-state index contributed by atoms with van der Waals surface area (Å²) >= 11 is 1.34. The van der Waals surface area contributed by atoms with Crippen LogP contribution in [0.4, 0.5) is 5.13 Å². The fourth-order valence-corrected chi connectivity index (χ4v) is 2.92. The van der Waals surface area contributed by atoms with Gasteiger partial charge in [-0.05, 0) is 31.0 Å². The fourth-order valence-electron chi connectivity index (χ4n) is 2.38. The molecular formula is C16H14N2O4S. The van der Waals surface area contributed by atoms with E-state index in [2.05, 4.69) is 10.3 Å². The minimum atomic E-state index is -0.484. The second-order valence-electron chi connectivity index (χ2n) is 5.06. The first kappa shape index (κ1) is 15.2. The van der Waals surface area contributed by atoms with E-state index in [1.807, 2.05) is 6.92 Å². The van der Waals surface area contributed by atoms with Crippen LogP contribution in [0, 0.1) is 6.92 Å². The topological polar surface area (TPSA) is 92.4 Å². The first-order valence-corrected chi connectivity index (χ1v) is 7.87. The van der Waals surface area contributed by atoms with Gasteiger partial charge in [-0.2, -0.15) is 0 Å². The van der Waals surface area contributed by atoms with E-state index in [0.717, 1.165) is 10.9 Å². The van der Waals surface area contributed by atoms with Gasteiger partial charge in [0, 0.05) is 35.0 Å². The number of benzene rings is 1. The Balaban J connectivity index is 1.81. The third-order valence-electron chi connectivity index (χ3n) is 3.55. The highest BCUT2D eigenvalue weighted by atomic mass is 32.1. The number of hydrogen-bond acceptors (Lipinski definition) is 6. The van der Waals surface area contributed by atoms with Gasteiger partial charge < -0.3 is 14.8 Å². The summed E-state index contributed by atoms with van der Waals surface area (Å²) in [6, 6.07) is 4.64. The zero-order chi connectivity index (χ0) is 16.4. The maximum absolute atomic E-state index is 12.1. The van der Waals surface area contributed by atoms with Crippen molar-refractivity contribution < 1.29 is 14.3 Å². The minimum Gasteiger partial charge on any atom is -0.508 e. The number of phenols is 1. The highest BCUT2D eigenvalue weighted by molar-refractivity contribution is 7.13. The first-order valence-electron chi connectivity index (χ1n) is 6.99. The van der Waals surface area contributed by atoms with Crippen LogP contribution in [0.3, 0.4) is 0 Å². The Kier molecular flexibility index (Phi) is 4.12. The SMILES string of the molecule is Cc1c(CCC(=O)Nc2nccs2)c(=O)oc2cc(O)ccc12. The Hall–Kier alpha value is -2.67. The van der Waals surface area contributed by atoms with Crippen molar-refractivity contribution in [2.75, 3.05) is 5.32 Å². The van der Waals surface area contributed by atoms with Crippen molar-refractivity contribution in [3.8, 4) is 5.75 Å². The standard InChI is InChI=1S/C16H14N2O4S/c1-9-11-3-2-10(19)8-13(11)22-15(21)12(9)4-5-14(20)18-16-17-6-7-23-16/h2-3,6-8,19H,4-5H2,1H3,(H,17,18,20). The molecule has 2 aromatic heterocycles. The van der Waals surface area contributed by atoms with Crippen LogP contribution in [0.5, 0.6) is 5.75 Å². The zero-order valence-electron chi connectivity index (χ0n) is 12.3. The summed E-state index contributed by atoms with van der Waals surface area (Å²) in [4.78, 5) is 28.0. The number of aromatic nitrogens is 1. The van der Waals surface area contributed by atoms with E-state index in [-0.39, 0.29) is 24.5 Å². The lowest BCUT2D eigenvalue weighted by Gasteiger charge is -2.08. The van der Waals surface area contributed by atoms with Crippen LogP contribution in [-0.4, -0.2) is 16.0 Å². The van der Waals surface area contributed by atoms with E-state index in [0.29, 0.717) is 16.3 Å². The molecule has 0 aliphatic heterocycles. The van der Waals surface area contributed by atoms with Gasteiger partial charge >= 0.3 is 5.63 Å². The Morgan fingerprint density at radius 1 is 1.43 bits per heavy atom. The van der Waals surface area contributed by atoms with Crippen LogP contribution in [-0.2, 0) is 11.2 Å². The molecule has 2 heterocycles. The van der Waals surface area contributed by atoms with Crippen molar-refractivity contribution in [3.63, 3.8) is 0 Å². The molecule has 1 aromatic carbocycles. The lowest BCUT2D eigenvalue weighted by molar-refractivity contribution is -0.116. The maximum atomic E-state index is 12.1. The molecule has 1 amide bonds. The normalized spacial score (nSPS) is 10.8. The molecule has 0 unspecified atom stereocenters. The number of aromatic hydroxyl groups is 1. The number of amides is 1. The average Bonchev–Trinajstić information content (AvgIpc) is 2.99. The number of carbonyl (C=O) groups excluding carboxylic acids is 1. The third-order valence-corrected chi connectivity index (χ3v) is 4.24. The molecule has 6 nitrogen and oxygen atoms in total. The molecular weight excluding hydrogens is 316 g/mol. The Bertz CT molecular complexity index is 916. The summed E-state index contributed by atoms with van der Waals surface area (Å²) in [5.41, 5.74) is 1.09. The molecule has 0 saturated carbocycles. The number of anilines is 1. The summed E-state index contributed by atoms with van der Waals surface area (Å²) in [5, 5.41) is 15.2. The van der Waals surface area contributed by atoms with E-state index in [9.17, 15) is 14.7 Å². The summed E-state index contributed by atoms with van der Waals surface area (Å²) in [7, 11) is 0. The van der Waals surface area contributed by atoms with Crippen LogP contribution >= 0.6 is 11.3 Å². The molecule has 0 atom stereocenters. The van der Waals surface area contributed by atoms with Gasteiger partial charge in [-0.25, -0.2) is 9.78 Å². The molecule has 2 N–H and O–H groups in total. The number of nitrogens with one attached hydrogen (secondary N) is 1. The van der Waals surface area contributed by atoms with Gasteiger partial charge in [0.05, 0.1) is 0 Å². The van der Waals surface area contributed by atoms with E-state index < -0.39 is 5.63 Å². The number of phenolic OH excluding ortho intramolecular Hbond substituents is 1. The highest BCUT2D eigenvalue weighted by Gasteiger charge is 2.14. The van der Waals surface area contributed by atoms with E-state index >= 15 is 0 Å². The van der Waals surface area contributed by atoms with Gasteiger partial charge in [0.25, 0.3) is 0 Å². The summed E-state index contributed by atoms with van der Waals surface area (Å²) in [6.07, 6.45) is 2.05. The Labute approximate surface area is 135 Å². The Morgan fingerprint density at radius 3 is 3.00 bits per heavy atom. The molecule has 0 spiro atoms. The van der Waals surface area contributed by atoms with Crippen molar-refractivity contribution in [3.05, 3.63) is 51.3 Å². The monoisotopic (exact) mass is 330 g/mol. The van der Waals surface area contributed by atoms with Gasteiger partial charge in [0.1, 0.15) is 11.3 Å². The molecule has 23 heavy (non-hydrogen) atoms. The molecule has 0 aliphatic carbocycles. The van der Waals surface area contributed by atoms with Crippen molar-refractivity contribution in [1.29, 1.82) is 0 Å². The summed E-state index contributed by atoms with van der Waals surface area (Å²) in [5.74, 6) is -0.167. The molecule has 0 fully saturated rings. The smallest absolute Gasteiger partial charge is 0.339 e. The molecule has 0 radical (unpaired) electrons. The van der Waals surface area contributed by atoms with Crippen LogP contribution in [0.1, 0.15) is 17.5 Å². The van der Waals surface area contributed by atoms with E-state index in [1.165, 1.54) is 23.5 Å². The minimum absolute atomic E-state index is 0.0376. The lowest BCUT2D eigenvalue weighted by Crippen LogP contribution is -2.16. The third kappa shape index (κ3) is 3.24. The molecule has 0 bridgehead atoms. The predicted molar refractivity (Wildman–Crippen MR) is 88.0 cm³/mol. The van der Waals surface area contributed by atoms with E-state index in [1.54, 1.807) is 17.6 Å². The fraction of sp³-hybridized carbons (Fsp3) is 0.188. The maximum Gasteiger partial charge on any atom is 0.339 e. The largest absolute Gasteiger partial charge is 0.508 e. The van der Waals surface area contributed by atoms with Crippen LogP contribution < -0.4 is 10.9 Å². The summed E-state index contributed by atoms with van der Waals surface area (Å²) in [6.45, 7) is 1.81. The van der Waals surface area contributed by atoms with Gasteiger partial charge in [-0.3, -0.25) is 4.79 Å². The number of rotatable bonds is 4. The molecule has 3 aromatic rings. The second kappa shape index (κ2) is 6.21. The van der Waals surface area contributed by atoms with Crippen molar-refractivity contribution in [2.24, 2.45) is 0 Å². The first-order chi connectivity index (χ1) is 11.0. The number of carbonyl (C=O) groups is 1. The molecule has 0 saturated heterocycles. The molecule has 0 aliphatic rings. The average molecular weight is 330 g/mol. The molecule has 3 rings (SSSR count). The number of thiazole rings is 1. The van der Waals surface area contributed by atoms with Gasteiger partial charge in [-0.1, -0.05) is 0 Å². The van der Waals surface area contributed by atoms with Crippen LogP contribution in [0.25, 0.3) is 11.0 Å². The molecule has 7 heteroatoms.